The van der Waals surface area contributed by atoms with E-state index < -0.39 is 0 Å². The molecule has 0 unspecified atom stereocenters. The number of nitrogens with one attached hydrogen (secondary N) is 2. The highest BCUT2D eigenvalue weighted by atomic mass is 35.5. The van der Waals surface area contributed by atoms with Gasteiger partial charge in [-0.25, -0.2) is 14.5 Å². The number of nitrogens with zero attached hydrogens (tertiary/aromatic N) is 3. The average Bonchev–Trinajstić information content (AvgIpc) is 3.31. The fourth-order valence-corrected chi connectivity index (χ4v) is 5.31. The number of esters is 1. The van der Waals surface area contributed by atoms with Gasteiger partial charge in [0.1, 0.15) is 11.3 Å². The molecule has 0 fully saturated rings. The van der Waals surface area contributed by atoms with Gasteiger partial charge in [-0.15, -0.1) is 16.4 Å². The number of aryl methyl sites for hydroxylation is 1. The number of hydrogen-bond acceptors (Lipinski definition) is 6. The predicted octanol–water partition coefficient (Wildman–Crippen LogP) is 4.91. The molecule has 0 aliphatic heterocycles. The normalized spacial score (nSPS) is 12.8. The number of hydrogen-bond donors (Lipinski definition) is 2. The van der Waals surface area contributed by atoms with Crippen LogP contribution in [0.1, 0.15) is 46.1 Å². The van der Waals surface area contributed by atoms with Gasteiger partial charge in [-0.05, 0) is 68.1 Å². The van der Waals surface area contributed by atoms with Gasteiger partial charge in [0.25, 0.3) is 0 Å². The summed E-state index contributed by atoms with van der Waals surface area (Å²) in [6.45, 7) is 2.68. The molecule has 0 radical (unpaired) electrons. The van der Waals surface area contributed by atoms with Crippen molar-refractivity contribution in [3.8, 4) is 0 Å². The molecule has 2 aromatic heterocycles. The third-order valence-corrected chi connectivity index (χ3v) is 6.52. The highest BCUT2D eigenvalue weighted by Crippen LogP contribution is 2.38. The zero-order chi connectivity index (χ0) is 21.8. The first-order valence-electron chi connectivity index (χ1n) is 10.1. The molecule has 1 aliphatic rings. The Hall–Kier alpha value is -2.49. The molecule has 0 amide bonds. The first-order chi connectivity index (χ1) is 15.0. The molecule has 4 rings (SSSR count). The Bertz CT molecular complexity index is 1110. The molecule has 2 N–H and O–H groups in total. The van der Waals surface area contributed by atoms with E-state index in [1.165, 1.54) is 4.88 Å². The van der Waals surface area contributed by atoms with Crippen LogP contribution in [0, 0.1) is 0 Å². The number of fused-ring (bicyclic) bond motifs is 1. The molecular weight excluding hydrogens is 454 g/mol. The van der Waals surface area contributed by atoms with Crippen molar-refractivity contribution < 1.29 is 9.53 Å². The van der Waals surface area contributed by atoms with Crippen molar-refractivity contribution in [2.75, 3.05) is 17.2 Å². The van der Waals surface area contributed by atoms with Crippen molar-refractivity contribution in [2.24, 2.45) is 0 Å². The average molecular weight is 476 g/mol. The monoisotopic (exact) mass is 475 g/mol. The molecule has 31 heavy (non-hydrogen) atoms. The van der Waals surface area contributed by atoms with Gasteiger partial charge in [0.2, 0.25) is 5.95 Å². The Morgan fingerprint density at radius 1 is 1.32 bits per heavy atom. The summed E-state index contributed by atoms with van der Waals surface area (Å²) < 4.78 is 6.99. The quantitative estimate of drug-likeness (QED) is 0.387. The maximum absolute atomic E-state index is 12.6. The second-order valence-corrected chi connectivity index (χ2v) is 9.06. The van der Waals surface area contributed by atoms with Gasteiger partial charge < -0.3 is 10.1 Å². The Labute approximate surface area is 194 Å². The van der Waals surface area contributed by atoms with E-state index in [1.807, 2.05) is 24.3 Å². The third-order valence-electron chi connectivity index (χ3n) is 4.87. The third kappa shape index (κ3) is 5.23. The molecule has 3 aromatic rings. The van der Waals surface area contributed by atoms with Gasteiger partial charge in [0.05, 0.1) is 18.7 Å². The number of ether oxygens (including phenoxy) is 1. The second kappa shape index (κ2) is 9.76. The van der Waals surface area contributed by atoms with Crippen molar-refractivity contribution in [1.82, 2.24) is 14.8 Å². The molecular formula is C21H22ClN5O2S2. The van der Waals surface area contributed by atoms with Crippen LogP contribution < -0.4 is 10.6 Å². The van der Waals surface area contributed by atoms with Gasteiger partial charge in [-0.2, -0.15) is 0 Å². The Morgan fingerprint density at radius 2 is 2.16 bits per heavy atom. The lowest BCUT2D eigenvalue weighted by atomic mass is 9.95. The SMILES string of the molecule is CCOC(=O)c1c(NC(=S)Nc2ncn(Cc3cccc(Cl)c3)n2)sc2c1CCCC2. The zero-order valence-electron chi connectivity index (χ0n) is 17.0. The number of thiophene rings is 1. The Morgan fingerprint density at radius 3 is 2.97 bits per heavy atom. The summed E-state index contributed by atoms with van der Waals surface area (Å²) in [4.78, 5) is 18.1. The maximum atomic E-state index is 12.6. The fourth-order valence-electron chi connectivity index (χ4n) is 3.56. The van der Waals surface area contributed by atoms with Gasteiger partial charge in [0, 0.05) is 9.90 Å². The van der Waals surface area contributed by atoms with Gasteiger partial charge in [0.15, 0.2) is 5.11 Å². The number of rotatable bonds is 6. The Kier molecular flexibility index (Phi) is 6.84. The summed E-state index contributed by atoms with van der Waals surface area (Å²) in [6.07, 6.45) is 5.69. The lowest BCUT2D eigenvalue weighted by Crippen LogP contribution is -2.21. The lowest BCUT2D eigenvalue weighted by Gasteiger charge is -2.12. The summed E-state index contributed by atoms with van der Waals surface area (Å²) in [5, 5.41) is 12.3. The molecule has 1 aromatic carbocycles. The molecule has 10 heteroatoms. The summed E-state index contributed by atoms with van der Waals surface area (Å²) >= 11 is 13.1. The minimum atomic E-state index is -0.309. The number of thiocarbonyl (C=S) groups is 1. The standard InChI is InChI=1S/C21H22ClN5O2S2/c1-2-29-19(28)17-15-8-3-4-9-16(15)31-18(17)24-21(30)25-20-23-12-27(26-20)11-13-6-5-7-14(22)10-13/h5-7,10,12H,2-4,8-9,11H2,1H3,(H2,24,25,26,30). The molecule has 0 saturated heterocycles. The summed E-state index contributed by atoms with van der Waals surface area (Å²) in [6, 6.07) is 7.59. The van der Waals surface area contributed by atoms with Crippen LogP contribution in [-0.4, -0.2) is 32.5 Å². The molecule has 1 aliphatic carbocycles. The number of benzene rings is 1. The summed E-state index contributed by atoms with van der Waals surface area (Å²) in [5.41, 5.74) is 2.71. The number of carbonyl (C=O) groups excluding carboxylic acids is 1. The fraction of sp³-hybridized carbons (Fsp3) is 0.333. The van der Waals surface area contributed by atoms with E-state index in [4.69, 9.17) is 28.6 Å². The van der Waals surface area contributed by atoms with Crippen LogP contribution in [0.3, 0.4) is 0 Å². The largest absolute Gasteiger partial charge is 0.462 e. The van der Waals surface area contributed by atoms with Crippen LogP contribution in [0.4, 0.5) is 10.9 Å². The van der Waals surface area contributed by atoms with Crippen LogP contribution in [0.25, 0.3) is 0 Å². The Balaban J connectivity index is 1.45. The summed E-state index contributed by atoms with van der Waals surface area (Å²) in [7, 11) is 0. The second-order valence-electron chi connectivity index (χ2n) is 7.11. The first-order valence-corrected chi connectivity index (χ1v) is 11.7. The highest BCUT2D eigenvalue weighted by Gasteiger charge is 2.26. The minimum Gasteiger partial charge on any atom is -0.462 e. The molecule has 162 valence electrons. The van der Waals surface area contributed by atoms with Crippen LogP contribution >= 0.6 is 35.2 Å². The summed E-state index contributed by atoms with van der Waals surface area (Å²) in [5.74, 6) is 0.0645. The van der Waals surface area contributed by atoms with Crippen molar-refractivity contribution in [3.05, 3.63) is 57.2 Å². The number of carbonyl (C=O) groups is 1. The van der Waals surface area contributed by atoms with Crippen LogP contribution in [0.5, 0.6) is 0 Å². The van der Waals surface area contributed by atoms with E-state index in [9.17, 15) is 4.79 Å². The molecule has 0 saturated carbocycles. The van der Waals surface area contributed by atoms with Gasteiger partial charge in [-0.1, -0.05) is 23.7 Å². The number of aromatic nitrogens is 3. The lowest BCUT2D eigenvalue weighted by molar-refractivity contribution is 0.0526. The van der Waals surface area contributed by atoms with E-state index >= 15 is 0 Å². The van der Waals surface area contributed by atoms with Gasteiger partial charge in [-0.3, -0.25) is 5.32 Å². The maximum Gasteiger partial charge on any atom is 0.341 e. The van der Waals surface area contributed by atoms with Crippen molar-refractivity contribution in [1.29, 1.82) is 0 Å². The van der Waals surface area contributed by atoms with Crippen molar-refractivity contribution in [3.63, 3.8) is 0 Å². The molecule has 0 bridgehead atoms. The first kappa shape index (κ1) is 21.7. The van der Waals surface area contributed by atoms with Crippen molar-refractivity contribution >= 4 is 57.2 Å². The van der Waals surface area contributed by atoms with E-state index in [1.54, 1.807) is 29.3 Å². The zero-order valence-corrected chi connectivity index (χ0v) is 19.4. The highest BCUT2D eigenvalue weighted by molar-refractivity contribution is 7.80. The van der Waals surface area contributed by atoms with Crippen LogP contribution in [0.2, 0.25) is 5.02 Å². The molecule has 2 heterocycles. The van der Waals surface area contributed by atoms with Crippen LogP contribution in [-0.2, 0) is 24.1 Å². The van der Waals surface area contributed by atoms with Gasteiger partial charge >= 0.3 is 5.97 Å². The molecule has 7 nitrogen and oxygen atoms in total. The number of halogens is 1. The van der Waals surface area contributed by atoms with E-state index in [0.717, 1.165) is 36.8 Å². The number of anilines is 2. The molecule has 0 spiro atoms. The molecule has 0 atom stereocenters. The van der Waals surface area contributed by atoms with Crippen LogP contribution in [0.15, 0.2) is 30.6 Å². The van der Waals surface area contributed by atoms with E-state index in [2.05, 4.69) is 20.7 Å². The smallest absolute Gasteiger partial charge is 0.341 e. The van der Waals surface area contributed by atoms with Crippen molar-refractivity contribution in [2.45, 2.75) is 39.2 Å². The topological polar surface area (TPSA) is 81.1 Å². The minimum absolute atomic E-state index is 0.309. The predicted molar refractivity (Wildman–Crippen MR) is 127 cm³/mol. The van der Waals surface area contributed by atoms with E-state index in [0.29, 0.717) is 39.8 Å². The van der Waals surface area contributed by atoms with E-state index in [-0.39, 0.29) is 5.97 Å².